The Bertz CT molecular complexity index is 1530. The number of ether oxygens (including phenoxy) is 2. The van der Waals surface area contributed by atoms with Gasteiger partial charge in [0, 0.05) is 40.6 Å². The third kappa shape index (κ3) is 6.08. The smallest absolute Gasteiger partial charge is 0.345 e. The molecule has 3 aromatic carbocycles. The van der Waals surface area contributed by atoms with Gasteiger partial charge in [0.05, 0.1) is 13.0 Å². The lowest BCUT2D eigenvalue weighted by Gasteiger charge is -2.32. The monoisotopic (exact) mass is 541 g/mol. The van der Waals surface area contributed by atoms with Crippen LogP contribution in [-0.4, -0.2) is 17.7 Å². The van der Waals surface area contributed by atoms with Crippen LogP contribution >= 0.6 is 22.9 Å². The molecule has 1 amide bonds. The molecule has 1 aliphatic rings. The molecule has 2 heterocycles. The van der Waals surface area contributed by atoms with Crippen molar-refractivity contribution < 1.29 is 19.1 Å². The SMILES string of the molecule is CC1(C)OC(=O)c2cc(N(Cc3ccc(C#Cc4ccc(Cl)cc4)cc3)C(=O)Cc3cccs3)ccc2O1. The number of hydrogen-bond donors (Lipinski definition) is 0. The molecule has 0 fully saturated rings. The summed E-state index contributed by atoms with van der Waals surface area (Å²) in [5.74, 6) is 5.11. The normalized spacial score (nSPS) is 13.4. The van der Waals surface area contributed by atoms with Crippen molar-refractivity contribution >= 4 is 40.5 Å². The largest absolute Gasteiger partial charge is 0.452 e. The Labute approximate surface area is 230 Å². The van der Waals surface area contributed by atoms with E-state index in [1.807, 2.05) is 66.0 Å². The van der Waals surface area contributed by atoms with E-state index in [9.17, 15) is 9.59 Å². The van der Waals surface area contributed by atoms with E-state index in [1.165, 1.54) is 11.3 Å². The zero-order valence-electron chi connectivity index (χ0n) is 20.9. The predicted molar refractivity (Wildman–Crippen MR) is 150 cm³/mol. The van der Waals surface area contributed by atoms with Crippen LogP contribution in [0, 0.1) is 11.8 Å². The third-order valence-electron chi connectivity index (χ3n) is 5.89. The number of halogens is 1. The molecule has 38 heavy (non-hydrogen) atoms. The number of amides is 1. The first-order chi connectivity index (χ1) is 18.3. The highest BCUT2D eigenvalue weighted by Gasteiger charge is 2.34. The summed E-state index contributed by atoms with van der Waals surface area (Å²) in [4.78, 5) is 28.8. The minimum atomic E-state index is -1.04. The molecule has 0 atom stereocenters. The summed E-state index contributed by atoms with van der Waals surface area (Å²) in [7, 11) is 0. The average molecular weight is 542 g/mol. The van der Waals surface area contributed by atoms with Crippen molar-refractivity contribution in [3.63, 3.8) is 0 Å². The molecule has 0 saturated heterocycles. The minimum Gasteiger partial charge on any atom is -0.452 e. The van der Waals surface area contributed by atoms with E-state index in [-0.39, 0.29) is 12.3 Å². The van der Waals surface area contributed by atoms with Crippen molar-refractivity contribution in [2.75, 3.05) is 4.90 Å². The molecule has 5 rings (SSSR count). The van der Waals surface area contributed by atoms with Crippen LogP contribution in [0.3, 0.4) is 0 Å². The van der Waals surface area contributed by atoms with E-state index in [4.69, 9.17) is 21.1 Å². The molecule has 0 unspecified atom stereocenters. The lowest BCUT2D eigenvalue weighted by Crippen LogP contribution is -2.39. The number of carbonyl (C=O) groups excluding carboxylic acids is 2. The van der Waals surface area contributed by atoms with Gasteiger partial charge in [-0.25, -0.2) is 4.79 Å². The minimum absolute atomic E-state index is 0.0792. The molecule has 0 saturated carbocycles. The molecule has 1 aromatic heterocycles. The lowest BCUT2D eigenvalue weighted by molar-refractivity contribution is -0.127. The fraction of sp³-hybridized carbons (Fsp3) is 0.161. The fourth-order valence-electron chi connectivity index (χ4n) is 4.03. The molecule has 4 aromatic rings. The van der Waals surface area contributed by atoms with E-state index in [2.05, 4.69) is 11.8 Å². The van der Waals surface area contributed by atoms with Crippen LogP contribution in [0.25, 0.3) is 0 Å². The Morgan fingerprint density at radius 2 is 1.63 bits per heavy atom. The number of anilines is 1. The van der Waals surface area contributed by atoms with Gasteiger partial charge in [0.2, 0.25) is 11.7 Å². The van der Waals surface area contributed by atoms with Crippen LogP contribution in [0.15, 0.2) is 84.2 Å². The third-order valence-corrected chi connectivity index (χ3v) is 7.01. The van der Waals surface area contributed by atoms with Gasteiger partial charge in [0.1, 0.15) is 11.3 Å². The molecule has 190 valence electrons. The Kier molecular flexibility index (Phi) is 7.24. The number of hydrogen-bond acceptors (Lipinski definition) is 5. The van der Waals surface area contributed by atoms with Crippen molar-refractivity contribution in [1.82, 2.24) is 0 Å². The number of nitrogens with zero attached hydrogens (tertiary/aromatic N) is 1. The quantitative estimate of drug-likeness (QED) is 0.204. The Morgan fingerprint density at radius 1 is 0.947 bits per heavy atom. The zero-order chi connectivity index (χ0) is 26.7. The Balaban J connectivity index is 1.40. The van der Waals surface area contributed by atoms with E-state index >= 15 is 0 Å². The number of cyclic esters (lactones) is 1. The predicted octanol–water partition coefficient (Wildman–Crippen LogP) is 6.86. The average Bonchev–Trinajstić information content (AvgIpc) is 3.40. The molecular weight excluding hydrogens is 518 g/mol. The highest BCUT2D eigenvalue weighted by atomic mass is 35.5. The highest BCUT2D eigenvalue weighted by Crippen LogP contribution is 2.34. The highest BCUT2D eigenvalue weighted by molar-refractivity contribution is 7.10. The van der Waals surface area contributed by atoms with Crippen LogP contribution in [0.1, 0.15) is 45.8 Å². The van der Waals surface area contributed by atoms with Gasteiger partial charge in [-0.2, -0.15) is 0 Å². The van der Waals surface area contributed by atoms with Gasteiger partial charge in [-0.3, -0.25) is 4.79 Å². The second-order valence-corrected chi connectivity index (χ2v) is 10.7. The summed E-state index contributed by atoms with van der Waals surface area (Å²) >= 11 is 7.48. The van der Waals surface area contributed by atoms with Crippen LogP contribution in [0.4, 0.5) is 5.69 Å². The molecule has 0 radical (unpaired) electrons. The summed E-state index contributed by atoms with van der Waals surface area (Å²) < 4.78 is 11.2. The summed E-state index contributed by atoms with van der Waals surface area (Å²) in [5, 5.41) is 2.62. The summed E-state index contributed by atoms with van der Waals surface area (Å²) in [5.41, 5.74) is 3.55. The van der Waals surface area contributed by atoms with Gasteiger partial charge in [-0.15, -0.1) is 11.3 Å². The summed E-state index contributed by atoms with van der Waals surface area (Å²) in [6, 6.07) is 24.2. The number of esters is 1. The van der Waals surface area contributed by atoms with Gasteiger partial charge in [0.25, 0.3) is 0 Å². The van der Waals surface area contributed by atoms with Gasteiger partial charge in [-0.05, 0) is 71.6 Å². The van der Waals surface area contributed by atoms with Crippen molar-refractivity contribution in [3.05, 3.63) is 116 Å². The van der Waals surface area contributed by atoms with Crippen molar-refractivity contribution in [2.24, 2.45) is 0 Å². The van der Waals surface area contributed by atoms with Crippen molar-refractivity contribution in [1.29, 1.82) is 0 Å². The van der Waals surface area contributed by atoms with E-state index in [0.717, 1.165) is 21.6 Å². The standard InChI is InChI=1S/C31H24ClNO4S/c1-31(2)36-28-16-15-25(18-27(28)30(35)37-31)33(29(34)19-26-4-3-17-38-26)20-23-9-7-21(8-10-23)5-6-22-11-13-24(32)14-12-22/h3-4,7-18H,19-20H2,1-2H3. The Hall–Kier alpha value is -4.05. The number of benzene rings is 3. The van der Waals surface area contributed by atoms with Crippen LogP contribution in [-0.2, 0) is 22.5 Å². The van der Waals surface area contributed by atoms with Crippen molar-refractivity contribution in [2.45, 2.75) is 32.6 Å². The topological polar surface area (TPSA) is 55.8 Å². The van der Waals surface area contributed by atoms with Crippen LogP contribution in [0.5, 0.6) is 5.75 Å². The maximum Gasteiger partial charge on any atom is 0.345 e. The van der Waals surface area contributed by atoms with Crippen molar-refractivity contribution in [3.8, 4) is 17.6 Å². The van der Waals surface area contributed by atoms with Gasteiger partial charge in [-0.1, -0.05) is 41.6 Å². The summed E-state index contributed by atoms with van der Waals surface area (Å²) in [6.07, 6.45) is 0.257. The second kappa shape index (κ2) is 10.7. The molecule has 0 bridgehead atoms. The second-order valence-electron chi connectivity index (χ2n) is 9.26. The first kappa shape index (κ1) is 25.6. The van der Waals surface area contributed by atoms with E-state index in [1.54, 1.807) is 36.9 Å². The first-order valence-corrected chi connectivity index (χ1v) is 13.3. The van der Waals surface area contributed by atoms with Gasteiger partial charge < -0.3 is 14.4 Å². The van der Waals surface area contributed by atoms with Crippen LogP contribution in [0.2, 0.25) is 5.02 Å². The lowest BCUT2D eigenvalue weighted by atomic mass is 10.1. The van der Waals surface area contributed by atoms with Crippen LogP contribution < -0.4 is 9.64 Å². The van der Waals surface area contributed by atoms with Gasteiger partial charge >= 0.3 is 5.97 Å². The number of thiophene rings is 1. The molecule has 0 spiro atoms. The number of rotatable bonds is 5. The molecule has 0 aliphatic carbocycles. The number of carbonyl (C=O) groups is 2. The van der Waals surface area contributed by atoms with Gasteiger partial charge in [0.15, 0.2) is 0 Å². The maximum atomic E-state index is 13.5. The molecule has 7 heteroatoms. The zero-order valence-corrected chi connectivity index (χ0v) is 22.4. The maximum absolute atomic E-state index is 13.5. The molecule has 0 N–H and O–H groups in total. The molecular formula is C31H24ClNO4S. The Morgan fingerprint density at radius 3 is 2.29 bits per heavy atom. The molecule has 5 nitrogen and oxygen atoms in total. The van der Waals surface area contributed by atoms with E-state index in [0.29, 0.717) is 28.6 Å². The van der Waals surface area contributed by atoms with E-state index < -0.39 is 11.8 Å². The fourth-order valence-corrected chi connectivity index (χ4v) is 4.85. The first-order valence-electron chi connectivity index (χ1n) is 12.0. The molecule has 1 aliphatic heterocycles. The number of fused-ring (bicyclic) bond motifs is 1. The summed E-state index contributed by atoms with van der Waals surface area (Å²) in [6.45, 7) is 3.69.